The molecule has 0 aliphatic heterocycles. The van der Waals surface area contributed by atoms with Crippen molar-refractivity contribution in [1.29, 1.82) is 0 Å². The van der Waals surface area contributed by atoms with Crippen molar-refractivity contribution in [2.24, 2.45) is 5.92 Å². The Morgan fingerprint density at radius 1 is 1.29 bits per heavy atom. The van der Waals surface area contributed by atoms with Crippen molar-refractivity contribution in [3.8, 4) is 0 Å². The standard InChI is InChI=1S/C16H19NO4/c1-10(16(19)20)9-17(3)15(18)11(2)14-8-12-6-4-5-7-13(12)21-14/h4-8,10-11H,9H2,1-3H3,(H,19,20). The molecule has 2 aromatic rings. The van der Waals surface area contributed by atoms with Gasteiger partial charge in [0.15, 0.2) is 0 Å². The average Bonchev–Trinajstić information content (AvgIpc) is 2.89. The zero-order valence-electron chi connectivity index (χ0n) is 12.4. The average molecular weight is 289 g/mol. The first-order valence-corrected chi connectivity index (χ1v) is 6.86. The third kappa shape index (κ3) is 3.24. The Morgan fingerprint density at radius 3 is 2.57 bits per heavy atom. The van der Waals surface area contributed by atoms with Gasteiger partial charge < -0.3 is 14.4 Å². The van der Waals surface area contributed by atoms with Crippen molar-refractivity contribution < 1.29 is 19.1 Å². The van der Waals surface area contributed by atoms with Crippen LogP contribution in [0.4, 0.5) is 0 Å². The van der Waals surface area contributed by atoms with Crippen LogP contribution in [0.2, 0.25) is 0 Å². The van der Waals surface area contributed by atoms with E-state index in [1.165, 1.54) is 4.90 Å². The molecule has 0 aliphatic carbocycles. The highest BCUT2D eigenvalue weighted by atomic mass is 16.4. The molecule has 1 heterocycles. The number of aliphatic carboxylic acids is 1. The zero-order chi connectivity index (χ0) is 15.6. The molecule has 0 fully saturated rings. The first kappa shape index (κ1) is 15.1. The van der Waals surface area contributed by atoms with E-state index in [4.69, 9.17) is 9.52 Å². The third-order valence-corrected chi connectivity index (χ3v) is 3.59. The number of hydrogen-bond acceptors (Lipinski definition) is 3. The lowest BCUT2D eigenvalue weighted by molar-refractivity contribution is -0.142. The molecule has 1 aromatic heterocycles. The van der Waals surface area contributed by atoms with Crippen molar-refractivity contribution in [2.45, 2.75) is 19.8 Å². The van der Waals surface area contributed by atoms with Crippen LogP contribution in [-0.4, -0.2) is 35.5 Å². The highest BCUT2D eigenvalue weighted by Gasteiger charge is 2.25. The van der Waals surface area contributed by atoms with E-state index in [9.17, 15) is 9.59 Å². The predicted octanol–water partition coefficient (Wildman–Crippen LogP) is 2.72. The number of likely N-dealkylation sites (N-methyl/N-ethyl adjacent to an activating group) is 1. The van der Waals surface area contributed by atoms with E-state index in [0.717, 1.165) is 11.0 Å². The molecule has 0 bridgehead atoms. The monoisotopic (exact) mass is 289 g/mol. The number of nitrogens with zero attached hydrogens (tertiary/aromatic N) is 1. The molecule has 0 spiro atoms. The minimum absolute atomic E-state index is 0.151. The van der Waals surface area contributed by atoms with Gasteiger partial charge in [-0.1, -0.05) is 25.1 Å². The minimum Gasteiger partial charge on any atom is -0.481 e. The van der Waals surface area contributed by atoms with Gasteiger partial charge in [0, 0.05) is 19.0 Å². The molecule has 1 aromatic carbocycles. The van der Waals surface area contributed by atoms with E-state index in [1.807, 2.05) is 30.3 Å². The Bertz CT molecular complexity index is 628. The van der Waals surface area contributed by atoms with Crippen LogP contribution in [0.5, 0.6) is 0 Å². The largest absolute Gasteiger partial charge is 0.481 e. The summed E-state index contributed by atoms with van der Waals surface area (Å²) in [7, 11) is 1.61. The second kappa shape index (κ2) is 5.99. The van der Waals surface area contributed by atoms with Gasteiger partial charge in [-0.2, -0.15) is 0 Å². The topological polar surface area (TPSA) is 70.8 Å². The Labute approximate surface area is 123 Å². The lowest BCUT2D eigenvalue weighted by atomic mass is 10.1. The SMILES string of the molecule is CC(CN(C)C(=O)C(C)c1cc2ccccc2o1)C(=O)O. The van der Waals surface area contributed by atoms with Gasteiger partial charge in [0.25, 0.3) is 0 Å². The number of amides is 1. The molecule has 2 unspecified atom stereocenters. The molecule has 2 rings (SSSR count). The maximum Gasteiger partial charge on any atom is 0.308 e. The summed E-state index contributed by atoms with van der Waals surface area (Å²) in [6, 6.07) is 9.42. The summed E-state index contributed by atoms with van der Waals surface area (Å²) in [5, 5.41) is 9.86. The van der Waals surface area contributed by atoms with E-state index in [2.05, 4.69) is 0 Å². The molecule has 1 amide bonds. The molecule has 0 radical (unpaired) electrons. The van der Waals surface area contributed by atoms with Gasteiger partial charge in [-0.05, 0) is 19.1 Å². The second-order valence-corrected chi connectivity index (χ2v) is 5.37. The number of benzene rings is 1. The summed E-state index contributed by atoms with van der Waals surface area (Å²) in [6.07, 6.45) is 0. The van der Waals surface area contributed by atoms with Crippen LogP contribution in [-0.2, 0) is 9.59 Å². The Hall–Kier alpha value is -2.30. The van der Waals surface area contributed by atoms with Gasteiger partial charge in [0.05, 0.1) is 11.8 Å². The van der Waals surface area contributed by atoms with Gasteiger partial charge in [-0.15, -0.1) is 0 Å². The minimum atomic E-state index is -0.911. The molecule has 0 aliphatic rings. The van der Waals surface area contributed by atoms with E-state index < -0.39 is 17.8 Å². The fourth-order valence-corrected chi connectivity index (χ4v) is 2.25. The van der Waals surface area contributed by atoms with Crippen molar-refractivity contribution in [3.05, 3.63) is 36.1 Å². The van der Waals surface area contributed by atoms with Crippen LogP contribution in [0.25, 0.3) is 11.0 Å². The summed E-state index contributed by atoms with van der Waals surface area (Å²) in [6.45, 7) is 3.53. The summed E-state index contributed by atoms with van der Waals surface area (Å²) in [5.74, 6) is -1.51. The number of hydrogen-bond donors (Lipinski definition) is 1. The molecule has 0 saturated carbocycles. The van der Waals surface area contributed by atoms with Crippen molar-refractivity contribution >= 4 is 22.8 Å². The fourth-order valence-electron chi connectivity index (χ4n) is 2.25. The van der Waals surface area contributed by atoms with Gasteiger partial charge >= 0.3 is 5.97 Å². The molecule has 5 nitrogen and oxygen atoms in total. The molecule has 21 heavy (non-hydrogen) atoms. The van der Waals surface area contributed by atoms with E-state index in [1.54, 1.807) is 20.9 Å². The number of fused-ring (bicyclic) bond motifs is 1. The van der Waals surface area contributed by atoms with Gasteiger partial charge in [0.2, 0.25) is 5.91 Å². The smallest absolute Gasteiger partial charge is 0.308 e. The molecule has 1 N–H and O–H groups in total. The number of carbonyl (C=O) groups excluding carboxylic acids is 1. The van der Waals surface area contributed by atoms with E-state index >= 15 is 0 Å². The Morgan fingerprint density at radius 2 is 1.95 bits per heavy atom. The lowest BCUT2D eigenvalue weighted by Crippen LogP contribution is -2.36. The van der Waals surface area contributed by atoms with Crippen molar-refractivity contribution in [1.82, 2.24) is 4.90 Å². The zero-order valence-corrected chi connectivity index (χ0v) is 12.4. The molecule has 0 saturated heterocycles. The van der Waals surface area contributed by atoms with E-state index in [0.29, 0.717) is 5.76 Å². The predicted molar refractivity (Wildman–Crippen MR) is 79.1 cm³/mol. The van der Waals surface area contributed by atoms with Crippen LogP contribution < -0.4 is 0 Å². The summed E-state index contributed by atoms with van der Waals surface area (Å²) in [4.78, 5) is 24.7. The van der Waals surface area contributed by atoms with Crippen molar-refractivity contribution in [2.75, 3.05) is 13.6 Å². The summed E-state index contributed by atoms with van der Waals surface area (Å²) < 4.78 is 5.69. The Kier molecular flexibility index (Phi) is 4.31. The third-order valence-electron chi connectivity index (χ3n) is 3.59. The number of furan rings is 1. The Balaban J connectivity index is 2.12. The van der Waals surface area contributed by atoms with Gasteiger partial charge in [-0.3, -0.25) is 9.59 Å². The van der Waals surface area contributed by atoms with Crippen LogP contribution >= 0.6 is 0 Å². The number of para-hydroxylation sites is 1. The molecule has 5 heteroatoms. The number of carboxylic acid groups (broad SMARTS) is 1. The van der Waals surface area contributed by atoms with Crippen molar-refractivity contribution in [3.63, 3.8) is 0 Å². The van der Waals surface area contributed by atoms with Gasteiger partial charge in [-0.25, -0.2) is 0 Å². The van der Waals surface area contributed by atoms with Crippen LogP contribution in [0.15, 0.2) is 34.7 Å². The summed E-state index contributed by atoms with van der Waals surface area (Å²) >= 11 is 0. The molecular formula is C16H19NO4. The molecule has 2 atom stereocenters. The van der Waals surface area contributed by atoms with Crippen LogP contribution in [0, 0.1) is 5.92 Å². The van der Waals surface area contributed by atoms with E-state index in [-0.39, 0.29) is 12.5 Å². The highest BCUT2D eigenvalue weighted by molar-refractivity contribution is 5.85. The first-order chi connectivity index (χ1) is 9.90. The number of carboxylic acids is 1. The molecule has 112 valence electrons. The number of rotatable bonds is 5. The van der Waals surface area contributed by atoms with Crippen LogP contribution in [0.3, 0.4) is 0 Å². The number of carbonyl (C=O) groups is 2. The maximum absolute atomic E-state index is 12.4. The van der Waals surface area contributed by atoms with Crippen LogP contribution in [0.1, 0.15) is 25.5 Å². The lowest BCUT2D eigenvalue weighted by Gasteiger charge is -2.22. The normalized spacial score (nSPS) is 13.9. The van der Waals surface area contributed by atoms with Gasteiger partial charge in [0.1, 0.15) is 11.3 Å². The summed E-state index contributed by atoms with van der Waals surface area (Å²) in [5.41, 5.74) is 0.744. The second-order valence-electron chi connectivity index (χ2n) is 5.37. The highest BCUT2D eigenvalue weighted by Crippen LogP contribution is 2.26. The fraction of sp³-hybridized carbons (Fsp3) is 0.375. The first-order valence-electron chi connectivity index (χ1n) is 6.86. The molecular weight excluding hydrogens is 270 g/mol. The quantitative estimate of drug-likeness (QED) is 0.918. The maximum atomic E-state index is 12.4.